The average Bonchev–Trinajstić information content (AvgIpc) is 3.38. The highest BCUT2D eigenvalue weighted by Crippen LogP contribution is 2.27. The van der Waals surface area contributed by atoms with Crippen LogP contribution in [0.15, 0.2) is 22.2 Å². The van der Waals surface area contributed by atoms with Crippen molar-refractivity contribution in [1.29, 1.82) is 0 Å². The Hall–Kier alpha value is -1.24. The molecule has 2 aromatic heterocycles. The van der Waals surface area contributed by atoms with Crippen molar-refractivity contribution in [2.45, 2.75) is 51.0 Å². The van der Waals surface area contributed by atoms with Crippen LogP contribution in [-0.4, -0.2) is 41.5 Å². The Morgan fingerprint density at radius 2 is 2.00 bits per heavy atom. The maximum Gasteiger partial charge on any atom is 0.226 e. The molecule has 1 saturated carbocycles. The molecular weight excluding hydrogens is 362 g/mol. The molecule has 6 heteroatoms. The van der Waals surface area contributed by atoms with Crippen molar-refractivity contribution in [1.82, 2.24) is 15.2 Å². The summed E-state index contributed by atoms with van der Waals surface area (Å²) in [4.78, 5) is 19.6. The Balaban J connectivity index is 1.20. The summed E-state index contributed by atoms with van der Waals surface area (Å²) in [5.41, 5.74) is 2.04. The molecule has 3 heterocycles. The molecule has 140 valence electrons. The zero-order chi connectivity index (χ0) is 17.8. The first-order chi connectivity index (χ1) is 12.8. The van der Waals surface area contributed by atoms with E-state index in [1.807, 2.05) is 5.38 Å². The van der Waals surface area contributed by atoms with Crippen molar-refractivity contribution in [3.8, 4) is 10.6 Å². The van der Waals surface area contributed by atoms with E-state index in [0.29, 0.717) is 12.5 Å². The number of nitrogens with one attached hydrogen (secondary N) is 1. The third-order valence-corrected chi connectivity index (χ3v) is 7.23. The quantitative estimate of drug-likeness (QED) is 0.806. The smallest absolute Gasteiger partial charge is 0.226 e. The van der Waals surface area contributed by atoms with Crippen LogP contribution in [0.1, 0.15) is 44.2 Å². The molecule has 0 bridgehead atoms. The molecule has 2 fully saturated rings. The van der Waals surface area contributed by atoms with Gasteiger partial charge in [-0.25, -0.2) is 4.98 Å². The van der Waals surface area contributed by atoms with Crippen molar-refractivity contribution < 1.29 is 4.79 Å². The Morgan fingerprint density at radius 3 is 2.73 bits per heavy atom. The largest absolute Gasteiger partial charge is 0.353 e. The Labute approximate surface area is 163 Å². The van der Waals surface area contributed by atoms with E-state index in [0.717, 1.165) is 48.1 Å². The van der Waals surface area contributed by atoms with Gasteiger partial charge in [0.1, 0.15) is 5.01 Å². The number of carbonyl (C=O) groups is 1. The van der Waals surface area contributed by atoms with Crippen LogP contribution in [-0.2, 0) is 11.2 Å². The Kier molecular flexibility index (Phi) is 6.02. The zero-order valence-corrected chi connectivity index (χ0v) is 16.8. The third-order valence-electron chi connectivity index (χ3n) is 5.61. The Morgan fingerprint density at radius 1 is 1.19 bits per heavy atom. The molecule has 0 aromatic carbocycles. The molecule has 4 rings (SSSR count). The van der Waals surface area contributed by atoms with Gasteiger partial charge in [-0.05, 0) is 43.0 Å². The number of likely N-dealkylation sites (tertiary alicyclic amines) is 1. The van der Waals surface area contributed by atoms with Gasteiger partial charge in [-0.2, -0.15) is 11.3 Å². The van der Waals surface area contributed by atoms with Gasteiger partial charge in [0.15, 0.2) is 0 Å². The number of rotatable bonds is 6. The first kappa shape index (κ1) is 18.1. The van der Waals surface area contributed by atoms with Gasteiger partial charge in [-0.3, -0.25) is 4.79 Å². The van der Waals surface area contributed by atoms with E-state index in [9.17, 15) is 4.79 Å². The summed E-state index contributed by atoms with van der Waals surface area (Å²) in [7, 11) is 0. The number of hydrogen-bond acceptors (Lipinski definition) is 5. The van der Waals surface area contributed by atoms with Gasteiger partial charge in [-0.15, -0.1) is 11.3 Å². The monoisotopic (exact) mass is 389 g/mol. The highest BCUT2D eigenvalue weighted by atomic mass is 32.1. The lowest BCUT2D eigenvalue weighted by Crippen LogP contribution is -2.46. The van der Waals surface area contributed by atoms with Gasteiger partial charge >= 0.3 is 0 Å². The van der Waals surface area contributed by atoms with Crippen LogP contribution in [0, 0.1) is 5.92 Å². The predicted molar refractivity (Wildman–Crippen MR) is 109 cm³/mol. The second-order valence-electron chi connectivity index (χ2n) is 7.63. The van der Waals surface area contributed by atoms with Crippen molar-refractivity contribution >= 4 is 28.6 Å². The number of nitrogens with zero attached hydrogens (tertiary/aromatic N) is 2. The number of piperidine rings is 1. The SMILES string of the molecule is O=C(Cc1csc(-c2ccsc2)n1)NC1CCN(CC2CCCC2)CC1. The van der Waals surface area contributed by atoms with E-state index < -0.39 is 0 Å². The second kappa shape index (κ2) is 8.63. The van der Waals surface area contributed by atoms with E-state index >= 15 is 0 Å². The fraction of sp³-hybridized carbons (Fsp3) is 0.600. The molecule has 0 spiro atoms. The summed E-state index contributed by atoms with van der Waals surface area (Å²) in [6, 6.07) is 2.41. The van der Waals surface area contributed by atoms with Crippen molar-refractivity contribution in [2.75, 3.05) is 19.6 Å². The molecule has 2 aliphatic rings. The molecule has 1 N–H and O–H groups in total. The van der Waals surface area contributed by atoms with Crippen LogP contribution in [0.25, 0.3) is 10.6 Å². The molecule has 0 atom stereocenters. The number of thiazole rings is 1. The average molecular weight is 390 g/mol. The molecule has 1 amide bonds. The number of carbonyl (C=O) groups excluding carboxylic acids is 1. The molecule has 1 saturated heterocycles. The topological polar surface area (TPSA) is 45.2 Å². The summed E-state index contributed by atoms with van der Waals surface area (Å²) < 4.78 is 0. The molecule has 1 aliphatic carbocycles. The summed E-state index contributed by atoms with van der Waals surface area (Å²) >= 11 is 3.29. The summed E-state index contributed by atoms with van der Waals surface area (Å²) in [5, 5.41) is 10.4. The fourth-order valence-electron chi connectivity index (χ4n) is 4.17. The lowest BCUT2D eigenvalue weighted by Gasteiger charge is -2.33. The molecule has 1 aliphatic heterocycles. The van der Waals surface area contributed by atoms with Gasteiger partial charge in [0.2, 0.25) is 5.91 Å². The van der Waals surface area contributed by atoms with Gasteiger partial charge in [0.25, 0.3) is 0 Å². The van der Waals surface area contributed by atoms with Crippen molar-refractivity contribution in [3.63, 3.8) is 0 Å². The maximum absolute atomic E-state index is 12.4. The van der Waals surface area contributed by atoms with Crippen molar-refractivity contribution in [3.05, 3.63) is 27.9 Å². The summed E-state index contributed by atoms with van der Waals surface area (Å²) in [5.74, 6) is 1.03. The van der Waals surface area contributed by atoms with Crippen LogP contribution in [0.2, 0.25) is 0 Å². The van der Waals surface area contributed by atoms with Crippen LogP contribution < -0.4 is 5.32 Å². The first-order valence-corrected chi connectivity index (χ1v) is 11.6. The van der Waals surface area contributed by atoms with Gasteiger partial charge in [0.05, 0.1) is 12.1 Å². The Bertz CT molecular complexity index is 698. The minimum absolute atomic E-state index is 0.112. The van der Waals surface area contributed by atoms with E-state index in [-0.39, 0.29) is 5.91 Å². The zero-order valence-electron chi connectivity index (χ0n) is 15.2. The van der Waals surface area contributed by atoms with Gasteiger partial charge in [0, 0.05) is 42.0 Å². The van der Waals surface area contributed by atoms with Crippen LogP contribution in [0.4, 0.5) is 0 Å². The van der Waals surface area contributed by atoms with Crippen LogP contribution >= 0.6 is 22.7 Å². The van der Waals surface area contributed by atoms with E-state index in [1.54, 1.807) is 22.7 Å². The van der Waals surface area contributed by atoms with Crippen molar-refractivity contribution in [2.24, 2.45) is 5.92 Å². The molecule has 4 nitrogen and oxygen atoms in total. The van der Waals surface area contributed by atoms with Crippen LogP contribution in [0.5, 0.6) is 0 Å². The van der Waals surface area contributed by atoms with E-state index in [4.69, 9.17) is 0 Å². The van der Waals surface area contributed by atoms with Gasteiger partial charge < -0.3 is 10.2 Å². The highest BCUT2D eigenvalue weighted by molar-refractivity contribution is 7.14. The standard InChI is InChI=1S/C20H27N3OS2/c24-19(11-18-14-26-20(22-18)16-7-10-25-13-16)21-17-5-8-23(9-6-17)12-15-3-1-2-4-15/h7,10,13-15,17H,1-6,8-9,11-12H2,(H,21,24). The molecular formula is C20H27N3OS2. The van der Waals surface area contributed by atoms with Crippen LogP contribution in [0.3, 0.4) is 0 Å². The second-order valence-corrected chi connectivity index (χ2v) is 9.26. The lowest BCUT2D eigenvalue weighted by molar-refractivity contribution is -0.121. The molecule has 0 radical (unpaired) electrons. The number of aromatic nitrogens is 1. The highest BCUT2D eigenvalue weighted by Gasteiger charge is 2.24. The van der Waals surface area contributed by atoms with Gasteiger partial charge in [-0.1, -0.05) is 12.8 Å². The summed E-state index contributed by atoms with van der Waals surface area (Å²) in [6.45, 7) is 3.52. The number of thiophene rings is 1. The number of hydrogen-bond donors (Lipinski definition) is 1. The molecule has 26 heavy (non-hydrogen) atoms. The first-order valence-electron chi connectivity index (χ1n) is 9.75. The van der Waals surface area contributed by atoms with E-state index in [2.05, 4.69) is 32.0 Å². The third kappa shape index (κ3) is 4.72. The molecule has 2 aromatic rings. The normalized spacial score (nSPS) is 19.8. The van der Waals surface area contributed by atoms with E-state index in [1.165, 1.54) is 32.2 Å². The summed E-state index contributed by atoms with van der Waals surface area (Å²) in [6.07, 6.45) is 8.22. The number of amides is 1. The fourth-order valence-corrected chi connectivity index (χ4v) is 5.70. The molecule has 0 unspecified atom stereocenters. The predicted octanol–water partition coefficient (Wildman–Crippen LogP) is 4.18. The maximum atomic E-state index is 12.4. The minimum Gasteiger partial charge on any atom is -0.353 e. The minimum atomic E-state index is 0.112. The lowest BCUT2D eigenvalue weighted by atomic mass is 10.0.